The minimum atomic E-state index is 0.492. The van der Waals surface area contributed by atoms with Crippen molar-refractivity contribution in [1.82, 2.24) is 4.98 Å². The molecule has 0 saturated heterocycles. The predicted octanol–water partition coefficient (Wildman–Crippen LogP) is 3.97. The minimum Gasteiger partial charge on any atom is -0.496 e. The molecule has 2 rings (SSSR count). The van der Waals surface area contributed by atoms with Crippen LogP contribution in [0.1, 0.15) is 16.7 Å². The van der Waals surface area contributed by atoms with E-state index >= 15 is 0 Å². The normalized spacial score (nSPS) is 10.3. The third-order valence-corrected chi connectivity index (χ3v) is 3.29. The van der Waals surface area contributed by atoms with Crippen molar-refractivity contribution in [2.45, 2.75) is 20.4 Å². The van der Waals surface area contributed by atoms with Crippen LogP contribution in [-0.2, 0) is 6.54 Å². The molecule has 1 aromatic heterocycles. The van der Waals surface area contributed by atoms with Crippen molar-refractivity contribution >= 4 is 17.3 Å². The summed E-state index contributed by atoms with van der Waals surface area (Å²) in [6.45, 7) is 4.71. The van der Waals surface area contributed by atoms with E-state index in [0.717, 1.165) is 22.6 Å². The summed E-state index contributed by atoms with van der Waals surface area (Å²) >= 11 is 6.10. The Morgan fingerprint density at radius 2 is 2.05 bits per heavy atom. The average Bonchev–Trinajstić information content (AvgIpc) is 2.38. The van der Waals surface area contributed by atoms with E-state index in [4.69, 9.17) is 16.3 Å². The maximum atomic E-state index is 6.10. The number of pyridine rings is 1. The highest BCUT2D eigenvalue weighted by molar-refractivity contribution is 6.32. The standard InChI is InChI=1S/C15H17ClN2O/c1-10-4-5-13(19-3)12(8-10)9-18-14-11(2)6-7-17-15(14)16/h4-8,18H,9H2,1-3H3. The van der Waals surface area contributed by atoms with Crippen molar-refractivity contribution in [2.24, 2.45) is 0 Å². The van der Waals surface area contributed by atoms with Crippen molar-refractivity contribution in [3.05, 3.63) is 52.3 Å². The van der Waals surface area contributed by atoms with Crippen LogP contribution in [0.3, 0.4) is 0 Å². The molecule has 0 amide bonds. The zero-order valence-electron chi connectivity index (χ0n) is 11.3. The highest BCUT2D eigenvalue weighted by Crippen LogP contribution is 2.25. The van der Waals surface area contributed by atoms with Crippen LogP contribution in [0.25, 0.3) is 0 Å². The van der Waals surface area contributed by atoms with E-state index in [-0.39, 0.29) is 0 Å². The van der Waals surface area contributed by atoms with E-state index in [1.54, 1.807) is 13.3 Å². The van der Waals surface area contributed by atoms with Gasteiger partial charge in [-0.05, 0) is 31.5 Å². The third kappa shape index (κ3) is 3.18. The lowest BCUT2D eigenvalue weighted by molar-refractivity contribution is 0.410. The smallest absolute Gasteiger partial charge is 0.152 e. The summed E-state index contributed by atoms with van der Waals surface area (Å²) in [4.78, 5) is 4.08. The first-order valence-corrected chi connectivity index (χ1v) is 6.48. The van der Waals surface area contributed by atoms with Gasteiger partial charge in [-0.15, -0.1) is 0 Å². The van der Waals surface area contributed by atoms with Gasteiger partial charge in [-0.1, -0.05) is 29.3 Å². The van der Waals surface area contributed by atoms with Gasteiger partial charge >= 0.3 is 0 Å². The molecule has 100 valence electrons. The van der Waals surface area contributed by atoms with Crippen molar-refractivity contribution in [1.29, 1.82) is 0 Å². The monoisotopic (exact) mass is 276 g/mol. The summed E-state index contributed by atoms with van der Waals surface area (Å²) in [5, 5.41) is 3.82. The molecule has 0 radical (unpaired) electrons. The molecule has 0 fully saturated rings. The van der Waals surface area contributed by atoms with Gasteiger partial charge in [0.1, 0.15) is 5.75 Å². The number of ether oxygens (including phenoxy) is 1. The number of benzene rings is 1. The van der Waals surface area contributed by atoms with Gasteiger partial charge in [0.15, 0.2) is 5.15 Å². The van der Waals surface area contributed by atoms with Gasteiger partial charge in [-0.25, -0.2) is 4.98 Å². The zero-order chi connectivity index (χ0) is 13.8. The number of anilines is 1. The molecular formula is C15H17ClN2O. The molecule has 1 aromatic carbocycles. The number of hydrogen-bond donors (Lipinski definition) is 1. The lowest BCUT2D eigenvalue weighted by Crippen LogP contribution is -2.04. The van der Waals surface area contributed by atoms with Crippen LogP contribution in [-0.4, -0.2) is 12.1 Å². The van der Waals surface area contributed by atoms with Crippen molar-refractivity contribution in [3.8, 4) is 5.75 Å². The zero-order valence-corrected chi connectivity index (χ0v) is 12.1. The quantitative estimate of drug-likeness (QED) is 0.858. The molecule has 0 aliphatic rings. The molecule has 0 aliphatic carbocycles. The molecular weight excluding hydrogens is 260 g/mol. The first kappa shape index (κ1) is 13.7. The van der Waals surface area contributed by atoms with Crippen molar-refractivity contribution < 1.29 is 4.74 Å². The Kier molecular flexibility index (Phi) is 4.27. The fourth-order valence-electron chi connectivity index (χ4n) is 1.97. The third-order valence-electron chi connectivity index (χ3n) is 3.00. The number of halogens is 1. The number of nitrogens with zero attached hydrogens (tertiary/aromatic N) is 1. The summed E-state index contributed by atoms with van der Waals surface area (Å²) in [5.74, 6) is 0.871. The van der Waals surface area contributed by atoms with Crippen molar-refractivity contribution in [2.75, 3.05) is 12.4 Å². The summed E-state index contributed by atoms with van der Waals surface area (Å²) in [6.07, 6.45) is 1.70. The Balaban J connectivity index is 2.21. The van der Waals surface area contributed by atoms with Crippen molar-refractivity contribution in [3.63, 3.8) is 0 Å². The highest BCUT2D eigenvalue weighted by Gasteiger charge is 2.07. The number of nitrogens with one attached hydrogen (secondary N) is 1. The van der Waals surface area contributed by atoms with E-state index in [0.29, 0.717) is 11.7 Å². The van der Waals surface area contributed by atoms with E-state index in [1.165, 1.54) is 5.56 Å². The Hall–Kier alpha value is -1.74. The molecule has 0 spiro atoms. The molecule has 1 heterocycles. The second kappa shape index (κ2) is 5.93. The molecule has 0 unspecified atom stereocenters. The largest absolute Gasteiger partial charge is 0.496 e. The van der Waals surface area contributed by atoms with Crippen LogP contribution in [0.15, 0.2) is 30.5 Å². The molecule has 4 heteroatoms. The molecule has 0 atom stereocenters. The van der Waals surface area contributed by atoms with Crippen LogP contribution < -0.4 is 10.1 Å². The second-order valence-electron chi connectivity index (χ2n) is 4.46. The Morgan fingerprint density at radius 3 is 2.74 bits per heavy atom. The predicted molar refractivity (Wildman–Crippen MR) is 79.0 cm³/mol. The first-order valence-electron chi connectivity index (χ1n) is 6.10. The van der Waals surface area contributed by atoms with Crippen LogP contribution in [0, 0.1) is 13.8 Å². The fraction of sp³-hybridized carbons (Fsp3) is 0.267. The summed E-state index contributed by atoms with van der Waals surface area (Å²) in [5.41, 5.74) is 4.24. The molecule has 3 nitrogen and oxygen atoms in total. The minimum absolute atomic E-state index is 0.492. The van der Waals surface area contributed by atoms with Crippen LogP contribution in [0.2, 0.25) is 5.15 Å². The summed E-state index contributed by atoms with van der Waals surface area (Å²) in [6, 6.07) is 8.04. The highest BCUT2D eigenvalue weighted by atomic mass is 35.5. The van der Waals surface area contributed by atoms with E-state index in [2.05, 4.69) is 23.3 Å². The maximum Gasteiger partial charge on any atom is 0.152 e. The molecule has 0 bridgehead atoms. The molecule has 1 N–H and O–H groups in total. The van der Waals surface area contributed by atoms with E-state index in [9.17, 15) is 0 Å². The maximum absolute atomic E-state index is 6.10. The van der Waals surface area contributed by atoms with Crippen LogP contribution in [0.4, 0.5) is 5.69 Å². The first-order chi connectivity index (χ1) is 9.11. The lowest BCUT2D eigenvalue weighted by atomic mass is 10.1. The van der Waals surface area contributed by atoms with Gasteiger partial charge in [-0.3, -0.25) is 0 Å². The number of aryl methyl sites for hydroxylation is 2. The van der Waals surface area contributed by atoms with Crippen LogP contribution in [0.5, 0.6) is 5.75 Å². The number of rotatable bonds is 4. The topological polar surface area (TPSA) is 34.1 Å². The molecule has 0 saturated carbocycles. The summed E-state index contributed by atoms with van der Waals surface area (Å²) in [7, 11) is 1.68. The lowest BCUT2D eigenvalue weighted by Gasteiger charge is -2.13. The summed E-state index contributed by atoms with van der Waals surface area (Å²) < 4.78 is 5.36. The molecule has 0 aliphatic heterocycles. The Morgan fingerprint density at radius 1 is 1.26 bits per heavy atom. The Labute approximate surface area is 118 Å². The van der Waals surface area contributed by atoms with E-state index in [1.807, 2.05) is 25.1 Å². The van der Waals surface area contributed by atoms with E-state index < -0.39 is 0 Å². The fourth-order valence-corrected chi connectivity index (χ4v) is 2.24. The van der Waals surface area contributed by atoms with Gasteiger partial charge in [-0.2, -0.15) is 0 Å². The average molecular weight is 277 g/mol. The molecule has 2 aromatic rings. The number of methoxy groups -OCH3 is 1. The van der Waals surface area contributed by atoms with Gasteiger partial charge in [0.25, 0.3) is 0 Å². The molecule has 19 heavy (non-hydrogen) atoms. The van der Waals surface area contributed by atoms with Gasteiger partial charge < -0.3 is 10.1 Å². The Bertz CT molecular complexity index is 564. The second-order valence-corrected chi connectivity index (χ2v) is 4.82. The number of aromatic nitrogens is 1. The van der Waals surface area contributed by atoms with Gasteiger partial charge in [0.2, 0.25) is 0 Å². The van der Waals surface area contributed by atoms with Gasteiger partial charge in [0.05, 0.1) is 12.8 Å². The SMILES string of the molecule is COc1ccc(C)cc1CNc1c(C)ccnc1Cl. The van der Waals surface area contributed by atoms with Crippen LogP contribution >= 0.6 is 11.6 Å². The van der Waals surface area contributed by atoms with Gasteiger partial charge in [0, 0.05) is 18.3 Å². The number of hydrogen-bond acceptors (Lipinski definition) is 3.